The molecule has 0 radical (unpaired) electrons. The summed E-state index contributed by atoms with van der Waals surface area (Å²) >= 11 is 5.95. The largest absolute Gasteiger partial charge is 0.497 e. The van der Waals surface area contributed by atoms with Crippen LogP contribution < -0.4 is 14.2 Å². The Balaban J connectivity index is 1.75. The summed E-state index contributed by atoms with van der Waals surface area (Å²) in [7, 11) is 3.20. The quantitative estimate of drug-likeness (QED) is 0.736. The number of carbonyl (C=O) groups excluding carboxylic acids is 1. The lowest BCUT2D eigenvalue weighted by molar-refractivity contribution is -0.134. The van der Waals surface area contributed by atoms with E-state index in [0.717, 1.165) is 24.5 Å². The van der Waals surface area contributed by atoms with Crippen molar-refractivity contribution < 1.29 is 23.4 Å². The third-order valence-electron chi connectivity index (χ3n) is 4.61. The number of hydrogen-bond acceptors (Lipinski definition) is 4. The molecule has 1 amide bonds. The fraction of sp³-hybridized carbons (Fsp3) is 0.350. The summed E-state index contributed by atoms with van der Waals surface area (Å²) in [4.78, 5) is 14.5. The van der Waals surface area contributed by atoms with Gasteiger partial charge in [-0.25, -0.2) is 4.39 Å². The zero-order chi connectivity index (χ0) is 19.4. The molecule has 7 heteroatoms. The molecule has 1 fully saturated rings. The molecule has 0 aliphatic carbocycles. The van der Waals surface area contributed by atoms with Crippen molar-refractivity contribution in [3.8, 4) is 17.2 Å². The molecule has 5 nitrogen and oxygen atoms in total. The molecule has 0 aromatic heterocycles. The Hall–Kier alpha value is -2.47. The van der Waals surface area contributed by atoms with Crippen molar-refractivity contribution in [3.63, 3.8) is 0 Å². The first-order valence-corrected chi connectivity index (χ1v) is 9.00. The summed E-state index contributed by atoms with van der Waals surface area (Å²) in [5.74, 6) is 1.08. The molecule has 1 aliphatic rings. The fourth-order valence-corrected chi connectivity index (χ4v) is 3.52. The van der Waals surface area contributed by atoms with Crippen LogP contribution in [-0.4, -0.2) is 38.2 Å². The summed E-state index contributed by atoms with van der Waals surface area (Å²) in [6.07, 6.45) is 1.71. The molecular weight excluding hydrogens is 373 g/mol. The number of ether oxygens (including phenoxy) is 3. The van der Waals surface area contributed by atoms with E-state index in [-0.39, 0.29) is 29.3 Å². The highest BCUT2D eigenvalue weighted by molar-refractivity contribution is 6.32. The lowest BCUT2D eigenvalue weighted by atomic mass is 10.0. The van der Waals surface area contributed by atoms with E-state index in [2.05, 4.69) is 0 Å². The molecular formula is C20H21ClFNO4. The Labute approximate surface area is 162 Å². The fourth-order valence-electron chi connectivity index (χ4n) is 3.30. The van der Waals surface area contributed by atoms with Crippen LogP contribution in [-0.2, 0) is 4.79 Å². The van der Waals surface area contributed by atoms with Gasteiger partial charge < -0.3 is 19.1 Å². The van der Waals surface area contributed by atoms with E-state index in [1.54, 1.807) is 19.1 Å². The van der Waals surface area contributed by atoms with Gasteiger partial charge in [-0.2, -0.15) is 0 Å². The van der Waals surface area contributed by atoms with Crippen molar-refractivity contribution >= 4 is 17.5 Å². The molecule has 3 rings (SSSR count). The number of methoxy groups -OCH3 is 2. The number of rotatable bonds is 6. The van der Waals surface area contributed by atoms with Gasteiger partial charge in [0.25, 0.3) is 5.91 Å². The lowest BCUT2D eigenvalue weighted by Gasteiger charge is -2.26. The van der Waals surface area contributed by atoms with Crippen LogP contribution in [0.4, 0.5) is 4.39 Å². The van der Waals surface area contributed by atoms with Crippen LogP contribution in [0.15, 0.2) is 36.4 Å². The van der Waals surface area contributed by atoms with Crippen molar-refractivity contribution in [1.82, 2.24) is 4.90 Å². The first-order valence-electron chi connectivity index (χ1n) is 8.62. The summed E-state index contributed by atoms with van der Waals surface area (Å²) < 4.78 is 29.4. The van der Waals surface area contributed by atoms with Crippen molar-refractivity contribution in [1.29, 1.82) is 0 Å². The number of halogens is 2. The maximum atomic E-state index is 13.1. The molecule has 1 heterocycles. The van der Waals surface area contributed by atoms with Gasteiger partial charge in [-0.1, -0.05) is 11.6 Å². The Morgan fingerprint density at radius 2 is 1.96 bits per heavy atom. The first-order chi connectivity index (χ1) is 13.0. The smallest absolute Gasteiger partial charge is 0.261 e. The minimum absolute atomic E-state index is 0.116. The molecule has 1 saturated heterocycles. The maximum Gasteiger partial charge on any atom is 0.261 e. The SMILES string of the molecule is COc1ccc(OC)c(C2CCCN2C(=O)COc2ccc(F)cc2Cl)c1. The number of carbonyl (C=O) groups is 1. The van der Waals surface area contributed by atoms with Crippen molar-refractivity contribution in [2.75, 3.05) is 27.4 Å². The molecule has 0 spiro atoms. The highest BCUT2D eigenvalue weighted by atomic mass is 35.5. The average Bonchev–Trinajstić information content (AvgIpc) is 3.16. The molecule has 0 N–H and O–H groups in total. The Bertz CT molecular complexity index is 830. The summed E-state index contributed by atoms with van der Waals surface area (Å²) in [6.45, 7) is 0.457. The van der Waals surface area contributed by atoms with Crippen LogP contribution in [0.2, 0.25) is 5.02 Å². The molecule has 0 saturated carbocycles. The van der Waals surface area contributed by atoms with E-state index in [4.69, 9.17) is 25.8 Å². The lowest BCUT2D eigenvalue weighted by Crippen LogP contribution is -2.34. The van der Waals surface area contributed by atoms with Gasteiger partial charge in [0.15, 0.2) is 6.61 Å². The minimum Gasteiger partial charge on any atom is -0.497 e. The van der Waals surface area contributed by atoms with E-state index in [1.807, 2.05) is 18.2 Å². The van der Waals surface area contributed by atoms with Crippen LogP contribution in [0.25, 0.3) is 0 Å². The molecule has 27 heavy (non-hydrogen) atoms. The van der Waals surface area contributed by atoms with Crippen molar-refractivity contribution in [2.45, 2.75) is 18.9 Å². The topological polar surface area (TPSA) is 48.0 Å². The molecule has 2 aromatic rings. The third kappa shape index (κ3) is 4.27. The van der Waals surface area contributed by atoms with Crippen LogP contribution in [0.5, 0.6) is 17.2 Å². The molecule has 2 aromatic carbocycles. The van der Waals surface area contributed by atoms with Gasteiger partial charge in [0.05, 0.1) is 25.3 Å². The molecule has 1 unspecified atom stereocenters. The predicted molar refractivity (Wildman–Crippen MR) is 100 cm³/mol. The van der Waals surface area contributed by atoms with Gasteiger partial charge in [-0.15, -0.1) is 0 Å². The van der Waals surface area contributed by atoms with Crippen LogP contribution >= 0.6 is 11.6 Å². The van der Waals surface area contributed by atoms with Gasteiger partial charge >= 0.3 is 0 Å². The van der Waals surface area contributed by atoms with Crippen LogP contribution in [0, 0.1) is 5.82 Å². The summed E-state index contributed by atoms with van der Waals surface area (Å²) in [5.41, 5.74) is 0.905. The van der Waals surface area contributed by atoms with Crippen LogP contribution in [0.3, 0.4) is 0 Å². The monoisotopic (exact) mass is 393 g/mol. The van der Waals surface area contributed by atoms with E-state index >= 15 is 0 Å². The maximum absolute atomic E-state index is 13.1. The van der Waals surface area contributed by atoms with Gasteiger partial charge in [-0.05, 0) is 49.2 Å². The predicted octanol–water partition coefficient (Wildman–Crippen LogP) is 4.24. The van der Waals surface area contributed by atoms with E-state index < -0.39 is 5.82 Å². The highest BCUT2D eigenvalue weighted by Crippen LogP contribution is 2.39. The van der Waals surface area contributed by atoms with Crippen molar-refractivity contribution in [2.24, 2.45) is 0 Å². The molecule has 1 atom stereocenters. The third-order valence-corrected chi connectivity index (χ3v) is 4.91. The second kappa shape index (κ2) is 8.48. The number of amides is 1. The standard InChI is InChI=1S/C20H21ClFNO4/c1-25-14-6-8-18(26-2)15(11-14)17-4-3-9-23(17)20(24)12-27-19-7-5-13(22)10-16(19)21/h5-8,10-11,17H,3-4,9,12H2,1-2H3. The second-order valence-electron chi connectivity index (χ2n) is 6.22. The summed E-state index contributed by atoms with van der Waals surface area (Å²) in [5, 5.41) is 0.134. The van der Waals surface area contributed by atoms with Gasteiger partial charge in [0.1, 0.15) is 23.1 Å². The van der Waals surface area contributed by atoms with Gasteiger partial charge in [-0.3, -0.25) is 4.79 Å². The summed E-state index contributed by atoms with van der Waals surface area (Å²) in [6, 6.07) is 9.25. The Morgan fingerprint density at radius 1 is 1.19 bits per heavy atom. The Kier molecular flexibility index (Phi) is 6.06. The second-order valence-corrected chi connectivity index (χ2v) is 6.62. The molecule has 1 aliphatic heterocycles. The Morgan fingerprint density at radius 3 is 2.67 bits per heavy atom. The average molecular weight is 394 g/mol. The van der Waals surface area contributed by atoms with E-state index in [1.165, 1.54) is 12.1 Å². The van der Waals surface area contributed by atoms with E-state index in [9.17, 15) is 9.18 Å². The van der Waals surface area contributed by atoms with Gasteiger partial charge in [0, 0.05) is 12.1 Å². The van der Waals surface area contributed by atoms with E-state index in [0.29, 0.717) is 18.0 Å². The number of hydrogen-bond donors (Lipinski definition) is 0. The normalized spacial score (nSPS) is 16.3. The highest BCUT2D eigenvalue weighted by Gasteiger charge is 2.32. The minimum atomic E-state index is -0.455. The number of nitrogens with zero attached hydrogens (tertiary/aromatic N) is 1. The van der Waals surface area contributed by atoms with Gasteiger partial charge in [0.2, 0.25) is 0 Å². The first kappa shape index (κ1) is 19.3. The van der Waals surface area contributed by atoms with Crippen LogP contribution in [0.1, 0.15) is 24.4 Å². The zero-order valence-corrected chi connectivity index (χ0v) is 16.0. The molecule has 0 bridgehead atoms. The number of likely N-dealkylation sites (tertiary alicyclic amines) is 1. The number of benzene rings is 2. The zero-order valence-electron chi connectivity index (χ0n) is 15.2. The van der Waals surface area contributed by atoms with Crippen molar-refractivity contribution in [3.05, 3.63) is 52.8 Å². The molecule has 144 valence electrons.